The summed E-state index contributed by atoms with van der Waals surface area (Å²) in [5, 5.41) is 3.05. The normalized spacial score (nSPS) is 16.2. The van der Waals surface area contributed by atoms with Crippen LogP contribution in [0.1, 0.15) is 42.5 Å². The van der Waals surface area contributed by atoms with Crippen molar-refractivity contribution in [2.45, 2.75) is 33.7 Å². The van der Waals surface area contributed by atoms with Crippen molar-refractivity contribution in [2.75, 3.05) is 16.8 Å². The summed E-state index contributed by atoms with van der Waals surface area (Å²) in [6.45, 7) is 9.31. The Bertz CT molecular complexity index is 1120. The zero-order valence-electron chi connectivity index (χ0n) is 18.5. The van der Waals surface area contributed by atoms with Crippen LogP contribution >= 0.6 is 0 Å². The van der Waals surface area contributed by atoms with Gasteiger partial charge in [0, 0.05) is 23.5 Å². The number of rotatable bonds is 4. The third-order valence-electron chi connectivity index (χ3n) is 5.49. The number of amides is 1. The van der Waals surface area contributed by atoms with Gasteiger partial charge >= 0.3 is 0 Å². The van der Waals surface area contributed by atoms with Crippen molar-refractivity contribution in [3.8, 4) is 0 Å². The summed E-state index contributed by atoms with van der Waals surface area (Å²) in [4.78, 5) is 24.6. The maximum absolute atomic E-state index is 12.9. The Labute approximate surface area is 183 Å². The lowest BCUT2D eigenvalue weighted by atomic mass is 9.87. The van der Waals surface area contributed by atoms with Crippen molar-refractivity contribution < 1.29 is 4.79 Å². The highest BCUT2D eigenvalue weighted by atomic mass is 16.1. The van der Waals surface area contributed by atoms with Crippen molar-refractivity contribution in [1.82, 2.24) is 4.98 Å². The predicted octanol–water partition coefficient (Wildman–Crippen LogP) is 5.32. The van der Waals surface area contributed by atoms with Gasteiger partial charge in [0.25, 0.3) is 5.91 Å². The van der Waals surface area contributed by atoms with Gasteiger partial charge in [-0.05, 0) is 48.7 Å². The number of nitrogens with one attached hydrogen (secondary N) is 1. The Morgan fingerprint density at radius 1 is 0.968 bits per heavy atom. The predicted molar refractivity (Wildman–Crippen MR) is 127 cm³/mol. The van der Waals surface area contributed by atoms with E-state index in [4.69, 9.17) is 4.99 Å². The molecule has 0 aliphatic carbocycles. The highest BCUT2D eigenvalue weighted by molar-refractivity contribution is 6.16. The topological polar surface area (TPSA) is 57.6 Å². The average Bonchev–Trinajstić information content (AvgIpc) is 3.21. The number of anilines is 2. The van der Waals surface area contributed by atoms with E-state index in [0.29, 0.717) is 5.69 Å². The summed E-state index contributed by atoms with van der Waals surface area (Å²) >= 11 is 0. The first-order chi connectivity index (χ1) is 14.8. The van der Waals surface area contributed by atoms with Crippen LogP contribution in [0.25, 0.3) is 0 Å². The number of para-hydroxylation sites is 2. The molecule has 4 rings (SSSR count). The highest BCUT2D eigenvalue weighted by Crippen LogP contribution is 2.33. The van der Waals surface area contributed by atoms with Gasteiger partial charge in [0.05, 0.1) is 11.7 Å². The fourth-order valence-electron chi connectivity index (χ4n) is 3.68. The zero-order valence-corrected chi connectivity index (χ0v) is 18.5. The molecule has 0 fully saturated rings. The Morgan fingerprint density at radius 3 is 2.39 bits per heavy atom. The van der Waals surface area contributed by atoms with Crippen LogP contribution in [0.15, 0.2) is 77.8 Å². The molecule has 5 nitrogen and oxygen atoms in total. The fraction of sp³-hybridized carbons (Fsp3) is 0.269. The standard InChI is InChI=1S/C26H28N4O/c1-18-11-10-16-22(27-18)25(31)28-21-15-9-8-14-20(21)24-29-23(26(2,3)4)17-30(24)19-12-6-5-7-13-19/h5-16,23H,17H2,1-4H3,(H,28,31)/t23-/m0/s1. The molecule has 0 spiro atoms. The van der Waals surface area contributed by atoms with Gasteiger partial charge in [0.15, 0.2) is 0 Å². The van der Waals surface area contributed by atoms with E-state index < -0.39 is 0 Å². The minimum Gasteiger partial charge on any atom is -0.324 e. The first-order valence-electron chi connectivity index (χ1n) is 10.6. The number of aliphatic imine (C=N–C) groups is 1. The third kappa shape index (κ3) is 4.50. The maximum Gasteiger partial charge on any atom is 0.274 e. The van der Waals surface area contributed by atoms with E-state index in [1.165, 1.54) is 0 Å². The van der Waals surface area contributed by atoms with Gasteiger partial charge < -0.3 is 10.2 Å². The number of hydrogen-bond acceptors (Lipinski definition) is 4. The summed E-state index contributed by atoms with van der Waals surface area (Å²) in [5.74, 6) is 0.646. The largest absolute Gasteiger partial charge is 0.324 e. The molecule has 5 heteroatoms. The van der Waals surface area contributed by atoms with E-state index in [0.717, 1.165) is 35.0 Å². The van der Waals surface area contributed by atoms with Crippen LogP contribution in [0, 0.1) is 12.3 Å². The van der Waals surface area contributed by atoms with Crippen molar-refractivity contribution in [3.63, 3.8) is 0 Å². The molecule has 0 unspecified atom stereocenters. The number of nitrogens with zero attached hydrogens (tertiary/aromatic N) is 3. The van der Waals surface area contributed by atoms with Gasteiger partial charge in [-0.15, -0.1) is 0 Å². The van der Waals surface area contributed by atoms with Gasteiger partial charge in [0.2, 0.25) is 0 Å². The summed E-state index contributed by atoms with van der Waals surface area (Å²) in [7, 11) is 0. The summed E-state index contributed by atoms with van der Waals surface area (Å²) in [5.41, 5.74) is 3.96. The number of pyridine rings is 1. The molecule has 31 heavy (non-hydrogen) atoms. The number of hydrogen-bond donors (Lipinski definition) is 1. The quantitative estimate of drug-likeness (QED) is 0.631. The van der Waals surface area contributed by atoms with Crippen LogP contribution in [-0.4, -0.2) is 29.3 Å². The molecular weight excluding hydrogens is 384 g/mol. The average molecular weight is 413 g/mol. The van der Waals surface area contributed by atoms with Gasteiger partial charge in [-0.2, -0.15) is 0 Å². The molecule has 0 saturated heterocycles. The molecule has 0 saturated carbocycles. The summed E-state index contributed by atoms with van der Waals surface area (Å²) in [6, 6.07) is 23.7. The molecule has 1 atom stereocenters. The molecule has 3 aromatic rings. The molecule has 2 aromatic carbocycles. The number of aromatic nitrogens is 1. The second-order valence-corrected chi connectivity index (χ2v) is 8.94. The highest BCUT2D eigenvalue weighted by Gasteiger charge is 2.35. The van der Waals surface area contributed by atoms with E-state index >= 15 is 0 Å². The van der Waals surface area contributed by atoms with Crippen molar-refractivity contribution >= 4 is 23.1 Å². The van der Waals surface area contributed by atoms with Crippen LogP contribution in [0.2, 0.25) is 0 Å². The molecule has 2 heterocycles. The van der Waals surface area contributed by atoms with Crippen molar-refractivity contribution in [3.05, 3.63) is 89.7 Å². The molecule has 1 aromatic heterocycles. The van der Waals surface area contributed by atoms with E-state index in [2.05, 4.69) is 48.1 Å². The van der Waals surface area contributed by atoms with Gasteiger partial charge in [0.1, 0.15) is 11.5 Å². The third-order valence-corrected chi connectivity index (χ3v) is 5.49. The fourth-order valence-corrected chi connectivity index (χ4v) is 3.68. The van der Waals surface area contributed by atoms with Crippen LogP contribution < -0.4 is 10.2 Å². The van der Waals surface area contributed by atoms with Gasteiger partial charge in [-0.1, -0.05) is 57.2 Å². The molecule has 1 aliphatic rings. The Kier molecular flexibility index (Phi) is 5.59. The van der Waals surface area contributed by atoms with Crippen LogP contribution in [0.4, 0.5) is 11.4 Å². The Morgan fingerprint density at radius 2 is 1.68 bits per heavy atom. The second-order valence-electron chi connectivity index (χ2n) is 8.94. The minimum atomic E-state index is -0.228. The van der Waals surface area contributed by atoms with E-state index in [9.17, 15) is 4.79 Å². The number of amidine groups is 1. The molecule has 1 N–H and O–H groups in total. The van der Waals surface area contributed by atoms with E-state index in [1.807, 2.05) is 61.5 Å². The smallest absolute Gasteiger partial charge is 0.274 e. The van der Waals surface area contributed by atoms with Crippen LogP contribution in [0.3, 0.4) is 0 Å². The molecule has 0 radical (unpaired) electrons. The number of carbonyl (C=O) groups is 1. The van der Waals surface area contributed by atoms with Crippen molar-refractivity contribution in [2.24, 2.45) is 10.4 Å². The zero-order chi connectivity index (χ0) is 22.0. The van der Waals surface area contributed by atoms with Crippen LogP contribution in [0.5, 0.6) is 0 Å². The summed E-state index contributed by atoms with van der Waals surface area (Å²) < 4.78 is 0. The molecule has 0 bridgehead atoms. The molecule has 1 amide bonds. The Hall–Kier alpha value is -3.47. The van der Waals surface area contributed by atoms with E-state index in [1.54, 1.807) is 6.07 Å². The lowest BCUT2D eigenvalue weighted by Crippen LogP contribution is -2.34. The van der Waals surface area contributed by atoms with E-state index in [-0.39, 0.29) is 17.4 Å². The number of aryl methyl sites for hydroxylation is 1. The van der Waals surface area contributed by atoms with Gasteiger partial charge in [-0.25, -0.2) is 4.98 Å². The lowest BCUT2D eigenvalue weighted by molar-refractivity contribution is 0.102. The maximum atomic E-state index is 12.9. The molecule has 1 aliphatic heterocycles. The van der Waals surface area contributed by atoms with Crippen molar-refractivity contribution in [1.29, 1.82) is 0 Å². The first kappa shape index (κ1) is 20.8. The lowest BCUT2D eigenvalue weighted by Gasteiger charge is -2.26. The number of carbonyl (C=O) groups excluding carboxylic acids is 1. The summed E-state index contributed by atoms with van der Waals surface area (Å²) in [6.07, 6.45) is 0. The first-order valence-corrected chi connectivity index (χ1v) is 10.6. The monoisotopic (exact) mass is 412 g/mol. The minimum absolute atomic E-state index is 0.0262. The molecular formula is C26H28N4O. The molecule has 158 valence electrons. The van der Waals surface area contributed by atoms with Gasteiger partial charge in [-0.3, -0.25) is 9.79 Å². The van der Waals surface area contributed by atoms with Crippen LogP contribution in [-0.2, 0) is 0 Å². The second kappa shape index (κ2) is 8.34. The number of benzene rings is 2. The SMILES string of the molecule is Cc1cccc(C(=O)Nc2ccccc2C2=N[C@H](C(C)(C)C)CN2c2ccccc2)n1. The Balaban J connectivity index is 1.72.